The molecule has 1 aliphatic heterocycles. The Morgan fingerprint density at radius 1 is 1.32 bits per heavy atom. The second-order valence-corrected chi connectivity index (χ2v) is 8.03. The van der Waals surface area contributed by atoms with Gasteiger partial charge in [0.2, 0.25) is 15.9 Å². The molecule has 0 radical (unpaired) electrons. The van der Waals surface area contributed by atoms with E-state index in [-0.39, 0.29) is 16.7 Å². The summed E-state index contributed by atoms with van der Waals surface area (Å²) in [6, 6.07) is 5.05. The highest BCUT2D eigenvalue weighted by Crippen LogP contribution is 2.26. The Balaban J connectivity index is 2.11. The van der Waals surface area contributed by atoms with Crippen LogP contribution < -0.4 is 5.32 Å². The number of nitrogens with zero attached hydrogens (tertiary/aromatic N) is 1. The highest BCUT2D eigenvalue weighted by atomic mass is 32.2. The molecule has 0 spiro atoms. The summed E-state index contributed by atoms with van der Waals surface area (Å²) >= 11 is 4.25. The van der Waals surface area contributed by atoms with Crippen molar-refractivity contribution in [3.05, 3.63) is 23.8 Å². The van der Waals surface area contributed by atoms with E-state index in [9.17, 15) is 13.2 Å². The van der Waals surface area contributed by atoms with E-state index >= 15 is 0 Å². The number of sulfonamides is 1. The normalized spacial score (nSPS) is 17.4. The van der Waals surface area contributed by atoms with E-state index in [1.165, 1.54) is 4.31 Å². The molecule has 1 aromatic rings. The quantitative estimate of drug-likeness (QED) is 0.820. The van der Waals surface area contributed by atoms with Crippen LogP contribution in [0.25, 0.3) is 0 Å². The topological polar surface area (TPSA) is 66.5 Å². The summed E-state index contributed by atoms with van der Waals surface area (Å²) in [5, 5.41) is 2.80. The lowest BCUT2D eigenvalue weighted by Crippen LogP contribution is -2.42. The molecule has 0 bridgehead atoms. The van der Waals surface area contributed by atoms with Gasteiger partial charge in [-0.2, -0.15) is 4.31 Å². The number of nitrogens with one attached hydrogen (secondary N) is 1. The average Bonchev–Trinajstić information content (AvgIpc) is 2.46. The molecule has 1 fully saturated rings. The van der Waals surface area contributed by atoms with Crippen molar-refractivity contribution in [1.82, 2.24) is 9.62 Å². The van der Waals surface area contributed by atoms with Crippen LogP contribution in [0.5, 0.6) is 0 Å². The van der Waals surface area contributed by atoms with E-state index in [1.54, 1.807) is 12.1 Å². The minimum absolute atomic E-state index is 0.0211. The van der Waals surface area contributed by atoms with Crippen LogP contribution in [0, 0.1) is 12.8 Å². The maximum absolute atomic E-state index is 12.7. The molecule has 1 amide bonds. The molecule has 0 unspecified atom stereocenters. The largest absolute Gasteiger partial charge is 0.356 e. The third kappa shape index (κ3) is 3.83. The monoisotopic (exact) mass is 342 g/mol. The third-order valence-corrected chi connectivity index (χ3v) is 5.98. The second kappa shape index (κ2) is 7.02. The van der Waals surface area contributed by atoms with Gasteiger partial charge < -0.3 is 5.32 Å². The van der Waals surface area contributed by atoms with E-state index in [4.69, 9.17) is 0 Å². The van der Waals surface area contributed by atoms with Crippen molar-refractivity contribution in [3.8, 4) is 0 Å². The molecule has 22 heavy (non-hydrogen) atoms. The molecule has 1 aromatic carbocycles. The Kier molecular flexibility index (Phi) is 5.52. The SMILES string of the molecule is CCNC(=O)C1CCN(S(=O)(=O)c2cc(C)cc(S)c2)CC1. The number of amides is 1. The first-order valence-electron chi connectivity index (χ1n) is 7.43. The Bertz CT molecular complexity index is 631. The minimum Gasteiger partial charge on any atom is -0.356 e. The molecule has 5 nitrogen and oxygen atoms in total. The van der Waals surface area contributed by atoms with Gasteiger partial charge in [0.25, 0.3) is 0 Å². The molecule has 0 aliphatic carbocycles. The van der Waals surface area contributed by atoms with Crippen molar-refractivity contribution in [2.75, 3.05) is 19.6 Å². The number of thiol groups is 1. The number of hydrogen-bond donors (Lipinski definition) is 2. The number of carbonyl (C=O) groups excluding carboxylic acids is 1. The molecule has 1 aliphatic rings. The molecule has 0 aromatic heterocycles. The standard InChI is InChI=1S/C15H22N2O3S2/c1-3-16-15(18)12-4-6-17(7-5-12)22(19,20)14-9-11(2)8-13(21)10-14/h8-10,12,21H,3-7H2,1-2H3,(H,16,18). The van der Waals surface area contributed by atoms with Crippen molar-refractivity contribution in [2.45, 2.75) is 36.5 Å². The predicted octanol–water partition coefficient (Wildman–Crippen LogP) is 1.82. The highest BCUT2D eigenvalue weighted by molar-refractivity contribution is 7.89. The Labute approximate surface area is 137 Å². The van der Waals surface area contributed by atoms with Crippen LogP contribution in [0.4, 0.5) is 0 Å². The first-order chi connectivity index (χ1) is 10.3. The molecular weight excluding hydrogens is 320 g/mol. The number of aryl methyl sites for hydroxylation is 1. The zero-order valence-electron chi connectivity index (χ0n) is 12.9. The fourth-order valence-corrected chi connectivity index (χ4v) is 4.73. The zero-order valence-corrected chi connectivity index (χ0v) is 14.6. The summed E-state index contributed by atoms with van der Waals surface area (Å²) < 4.78 is 26.8. The summed E-state index contributed by atoms with van der Waals surface area (Å²) in [6.45, 7) is 5.08. The molecule has 1 heterocycles. The molecular formula is C15H22N2O3S2. The van der Waals surface area contributed by atoms with Gasteiger partial charge in [0, 0.05) is 30.4 Å². The summed E-state index contributed by atoms with van der Waals surface area (Å²) in [7, 11) is -3.52. The Morgan fingerprint density at radius 3 is 2.50 bits per heavy atom. The lowest BCUT2D eigenvalue weighted by Gasteiger charge is -2.30. The molecule has 2 rings (SSSR count). The summed E-state index contributed by atoms with van der Waals surface area (Å²) in [5.41, 5.74) is 0.864. The molecule has 1 saturated heterocycles. The molecule has 7 heteroatoms. The average molecular weight is 342 g/mol. The van der Waals surface area contributed by atoms with Gasteiger partial charge >= 0.3 is 0 Å². The van der Waals surface area contributed by atoms with Gasteiger partial charge in [0.1, 0.15) is 0 Å². The van der Waals surface area contributed by atoms with Gasteiger partial charge in [0.05, 0.1) is 4.90 Å². The van der Waals surface area contributed by atoms with Crippen LogP contribution in [0.1, 0.15) is 25.3 Å². The van der Waals surface area contributed by atoms with Crippen molar-refractivity contribution < 1.29 is 13.2 Å². The minimum atomic E-state index is -3.52. The van der Waals surface area contributed by atoms with Crippen LogP contribution in [-0.2, 0) is 14.8 Å². The fourth-order valence-electron chi connectivity index (χ4n) is 2.70. The van der Waals surface area contributed by atoms with Crippen LogP contribution in [0.15, 0.2) is 28.0 Å². The lowest BCUT2D eigenvalue weighted by molar-refractivity contribution is -0.126. The van der Waals surface area contributed by atoms with Crippen LogP contribution in [-0.4, -0.2) is 38.3 Å². The number of piperidine rings is 1. The number of benzene rings is 1. The van der Waals surface area contributed by atoms with Gasteiger partial charge in [-0.25, -0.2) is 8.42 Å². The Morgan fingerprint density at radius 2 is 1.95 bits per heavy atom. The first-order valence-corrected chi connectivity index (χ1v) is 9.32. The number of rotatable bonds is 4. The van der Waals surface area contributed by atoms with Crippen LogP contribution >= 0.6 is 12.6 Å². The number of hydrogen-bond acceptors (Lipinski definition) is 4. The maximum Gasteiger partial charge on any atom is 0.243 e. The summed E-state index contributed by atoms with van der Waals surface area (Å²) in [4.78, 5) is 12.7. The molecule has 0 saturated carbocycles. The zero-order chi connectivity index (χ0) is 16.3. The first kappa shape index (κ1) is 17.3. The Hall–Kier alpha value is -1.05. The van der Waals surface area contributed by atoms with E-state index in [1.807, 2.05) is 19.9 Å². The molecule has 1 N–H and O–H groups in total. The lowest BCUT2D eigenvalue weighted by atomic mass is 9.97. The van der Waals surface area contributed by atoms with Gasteiger partial charge in [0.15, 0.2) is 0 Å². The smallest absolute Gasteiger partial charge is 0.243 e. The van der Waals surface area contributed by atoms with Gasteiger partial charge in [-0.3, -0.25) is 4.79 Å². The molecule has 0 atom stereocenters. The molecule has 122 valence electrons. The summed E-state index contributed by atoms with van der Waals surface area (Å²) in [6.07, 6.45) is 1.12. The summed E-state index contributed by atoms with van der Waals surface area (Å²) in [5.74, 6) is -0.0721. The van der Waals surface area contributed by atoms with E-state index in [0.717, 1.165) is 5.56 Å². The fraction of sp³-hybridized carbons (Fsp3) is 0.533. The van der Waals surface area contributed by atoms with Crippen LogP contribution in [0.3, 0.4) is 0 Å². The van der Waals surface area contributed by atoms with E-state index in [0.29, 0.717) is 37.4 Å². The highest BCUT2D eigenvalue weighted by Gasteiger charge is 2.32. The second-order valence-electron chi connectivity index (χ2n) is 5.58. The van der Waals surface area contributed by atoms with E-state index < -0.39 is 10.0 Å². The van der Waals surface area contributed by atoms with Crippen molar-refractivity contribution in [2.24, 2.45) is 5.92 Å². The van der Waals surface area contributed by atoms with Gasteiger partial charge in [-0.05, 0) is 50.5 Å². The van der Waals surface area contributed by atoms with Crippen molar-refractivity contribution in [1.29, 1.82) is 0 Å². The van der Waals surface area contributed by atoms with E-state index in [2.05, 4.69) is 17.9 Å². The number of carbonyl (C=O) groups is 1. The predicted molar refractivity (Wildman–Crippen MR) is 88.6 cm³/mol. The third-order valence-electron chi connectivity index (χ3n) is 3.85. The van der Waals surface area contributed by atoms with Crippen molar-refractivity contribution in [3.63, 3.8) is 0 Å². The maximum atomic E-state index is 12.7. The van der Waals surface area contributed by atoms with Crippen LogP contribution in [0.2, 0.25) is 0 Å². The van der Waals surface area contributed by atoms with Gasteiger partial charge in [-0.1, -0.05) is 0 Å². The van der Waals surface area contributed by atoms with Gasteiger partial charge in [-0.15, -0.1) is 12.6 Å². The van der Waals surface area contributed by atoms with Crippen molar-refractivity contribution >= 4 is 28.6 Å².